The fraction of sp³-hybridized carbons (Fsp3) is 1.00. The fourth-order valence-electron chi connectivity index (χ4n) is 1.75. The molecule has 0 spiro atoms. The summed E-state index contributed by atoms with van der Waals surface area (Å²) in [6.07, 6.45) is 3.05. The molecule has 0 radical (unpaired) electrons. The summed E-state index contributed by atoms with van der Waals surface area (Å²) in [7, 11) is 1.72. The molecule has 1 fully saturated rings. The summed E-state index contributed by atoms with van der Waals surface area (Å²) in [6, 6.07) is 0.352. The third kappa shape index (κ3) is 3.23. The minimum absolute atomic E-state index is 0.352. The van der Waals surface area contributed by atoms with E-state index < -0.39 is 5.60 Å². The van der Waals surface area contributed by atoms with Gasteiger partial charge in [-0.25, -0.2) is 0 Å². The highest BCUT2D eigenvalue weighted by molar-refractivity contribution is 4.90. The molecule has 0 bridgehead atoms. The first-order valence-electron chi connectivity index (χ1n) is 5.52. The molecule has 84 valence electrons. The van der Waals surface area contributed by atoms with E-state index >= 15 is 0 Å². The molecule has 0 heterocycles. The van der Waals surface area contributed by atoms with Gasteiger partial charge in [0, 0.05) is 19.7 Å². The number of rotatable bonds is 6. The van der Waals surface area contributed by atoms with E-state index in [0.29, 0.717) is 25.1 Å². The quantitative estimate of drug-likeness (QED) is 0.677. The minimum atomic E-state index is -0.430. The molecule has 1 unspecified atom stereocenters. The first-order valence-corrected chi connectivity index (χ1v) is 5.52. The van der Waals surface area contributed by atoms with Crippen LogP contribution in [0.25, 0.3) is 0 Å². The van der Waals surface area contributed by atoms with Crippen molar-refractivity contribution >= 4 is 0 Å². The van der Waals surface area contributed by atoms with E-state index in [9.17, 15) is 5.11 Å². The Labute approximate surface area is 86.8 Å². The Kier molecular flexibility index (Phi) is 4.35. The number of ether oxygens (including phenoxy) is 1. The maximum atomic E-state index is 9.91. The van der Waals surface area contributed by atoms with Crippen LogP contribution in [0.15, 0.2) is 0 Å². The molecule has 1 aliphatic rings. The molecule has 0 aromatic heterocycles. The van der Waals surface area contributed by atoms with Gasteiger partial charge in [-0.05, 0) is 25.2 Å². The van der Waals surface area contributed by atoms with E-state index in [1.54, 1.807) is 7.11 Å². The molecule has 0 amide bonds. The van der Waals surface area contributed by atoms with Crippen molar-refractivity contribution in [3.8, 4) is 0 Å². The van der Waals surface area contributed by atoms with Crippen LogP contribution >= 0.6 is 0 Å². The monoisotopic (exact) mass is 201 g/mol. The highest BCUT2D eigenvalue weighted by atomic mass is 16.5. The molecule has 0 saturated heterocycles. The Morgan fingerprint density at radius 1 is 1.43 bits per heavy atom. The van der Waals surface area contributed by atoms with E-state index in [1.165, 1.54) is 0 Å². The number of aliphatic hydroxyl groups is 1. The third-order valence-electron chi connectivity index (χ3n) is 3.13. The molecule has 0 aliphatic heterocycles. The largest absolute Gasteiger partial charge is 0.389 e. The zero-order valence-corrected chi connectivity index (χ0v) is 9.55. The Morgan fingerprint density at radius 2 is 2.07 bits per heavy atom. The van der Waals surface area contributed by atoms with Gasteiger partial charge in [0.1, 0.15) is 0 Å². The van der Waals surface area contributed by atoms with Gasteiger partial charge in [-0.1, -0.05) is 13.8 Å². The Hall–Kier alpha value is -0.120. The van der Waals surface area contributed by atoms with Crippen molar-refractivity contribution in [3.63, 3.8) is 0 Å². The SMILES string of the molecule is COCC(NCC1(O)CCC1)C(C)C. The van der Waals surface area contributed by atoms with Gasteiger partial charge in [0.15, 0.2) is 0 Å². The maximum absolute atomic E-state index is 9.91. The lowest BCUT2D eigenvalue weighted by Gasteiger charge is -2.38. The summed E-state index contributed by atoms with van der Waals surface area (Å²) in [5, 5.41) is 13.3. The molecule has 1 atom stereocenters. The van der Waals surface area contributed by atoms with Gasteiger partial charge in [-0.2, -0.15) is 0 Å². The predicted octanol–water partition coefficient (Wildman–Crippen LogP) is 1.16. The van der Waals surface area contributed by atoms with Crippen LogP contribution in [0, 0.1) is 5.92 Å². The topological polar surface area (TPSA) is 41.5 Å². The number of methoxy groups -OCH3 is 1. The van der Waals surface area contributed by atoms with E-state index in [2.05, 4.69) is 19.2 Å². The lowest BCUT2D eigenvalue weighted by molar-refractivity contribution is -0.0361. The second-order valence-corrected chi connectivity index (χ2v) is 4.76. The lowest BCUT2D eigenvalue weighted by Crippen LogP contribution is -2.51. The van der Waals surface area contributed by atoms with Crippen LogP contribution in [0.1, 0.15) is 33.1 Å². The Bertz CT molecular complexity index is 167. The predicted molar refractivity (Wildman–Crippen MR) is 57.3 cm³/mol. The molecule has 1 saturated carbocycles. The Morgan fingerprint density at radius 3 is 2.43 bits per heavy atom. The molecule has 1 rings (SSSR count). The van der Waals surface area contributed by atoms with E-state index in [4.69, 9.17) is 4.74 Å². The maximum Gasteiger partial charge on any atom is 0.0771 e. The first-order chi connectivity index (χ1) is 6.57. The minimum Gasteiger partial charge on any atom is -0.389 e. The molecule has 1 aliphatic carbocycles. The van der Waals surface area contributed by atoms with E-state index in [0.717, 1.165) is 19.3 Å². The van der Waals surface area contributed by atoms with Crippen molar-refractivity contribution in [1.82, 2.24) is 5.32 Å². The smallest absolute Gasteiger partial charge is 0.0771 e. The van der Waals surface area contributed by atoms with Crippen molar-refractivity contribution in [2.45, 2.75) is 44.8 Å². The molecule has 3 nitrogen and oxygen atoms in total. The van der Waals surface area contributed by atoms with Gasteiger partial charge in [0.25, 0.3) is 0 Å². The average molecular weight is 201 g/mol. The second-order valence-electron chi connectivity index (χ2n) is 4.76. The second kappa shape index (κ2) is 5.10. The van der Waals surface area contributed by atoms with Crippen LogP contribution in [-0.2, 0) is 4.74 Å². The van der Waals surface area contributed by atoms with Crippen molar-refractivity contribution in [2.75, 3.05) is 20.3 Å². The number of hydrogen-bond acceptors (Lipinski definition) is 3. The van der Waals surface area contributed by atoms with Crippen LogP contribution in [0.4, 0.5) is 0 Å². The van der Waals surface area contributed by atoms with Crippen LogP contribution in [0.2, 0.25) is 0 Å². The van der Waals surface area contributed by atoms with E-state index in [1.807, 2.05) is 0 Å². The van der Waals surface area contributed by atoms with Gasteiger partial charge in [-0.3, -0.25) is 0 Å². The van der Waals surface area contributed by atoms with Crippen LogP contribution in [0.3, 0.4) is 0 Å². The van der Waals surface area contributed by atoms with Crippen LogP contribution in [-0.4, -0.2) is 37.0 Å². The van der Waals surface area contributed by atoms with Gasteiger partial charge >= 0.3 is 0 Å². The zero-order chi connectivity index (χ0) is 10.6. The van der Waals surface area contributed by atoms with Gasteiger partial charge in [0.05, 0.1) is 12.2 Å². The Balaban J connectivity index is 2.25. The summed E-state index contributed by atoms with van der Waals surface area (Å²) in [5.41, 5.74) is -0.430. The first kappa shape index (κ1) is 12.0. The average Bonchev–Trinajstić information content (AvgIpc) is 2.08. The molecular weight excluding hydrogens is 178 g/mol. The highest BCUT2D eigenvalue weighted by Gasteiger charge is 2.34. The molecular formula is C11H23NO2. The summed E-state index contributed by atoms with van der Waals surface area (Å²) in [4.78, 5) is 0. The highest BCUT2D eigenvalue weighted by Crippen LogP contribution is 2.30. The molecule has 2 N–H and O–H groups in total. The van der Waals surface area contributed by atoms with Gasteiger partial charge < -0.3 is 15.2 Å². The van der Waals surface area contributed by atoms with Crippen molar-refractivity contribution in [1.29, 1.82) is 0 Å². The fourth-order valence-corrected chi connectivity index (χ4v) is 1.75. The van der Waals surface area contributed by atoms with Crippen molar-refractivity contribution < 1.29 is 9.84 Å². The van der Waals surface area contributed by atoms with Crippen LogP contribution < -0.4 is 5.32 Å². The normalized spacial score (nSPS) is 22.1. The summed E-state index contributed by atoms with van der Waals surface area (Å²) < 4.78 is 5.14. The van der Waals surface area contributed by atoms with Crippen molar-refractivity contribution in [3.05, 3.63) is 0 Å². The van der Waals surface area contributed by atoms with Gasteiger partial charge in [0.2, 0.25) is 0 Å². The molecule has 0 aromatic carbocycles. The number of nitrogens with one attached hydrogen (secondary N) is 1. The summed E-state index contributed by atoms with van der Waals surface area (Å²) in [5.74, 6) is 0.540. The summed E-state index contributed by atoms with van der Waals surface area (Å²) in [6.45, 7) is 5.76. The molecule has 0 aromatic rings. The molecule has 3 heteroatoms. The zero-order valence-electron chi connectivity index (χ0n) is 9.55. The van der Waals surface area contributed by atoms with Crippen LogP contribution in [0.5, 0.6) is 0 Å². The molecule has 14 heavy (non-hydrogen) atoms. The van der Waals surface area contributed by atoms with E-state index in [-0.39, 0.29) is 0 Å². The van der Waals surface area contributed by atoms with Crippen molar-refractivity contribution in [2.24, 2.45) is 5.92 Å². The summed E-state index contributed by atoms with van der Waals surface area (Å²) >= 11 is 0. The number of hydrogen-bond donors (Lipinski definition) is 2. The van der Waals surface area contributed by atoms with Gasteiger partial charge in [-0.15, -0.1) is 0 Å². The third-order valence-corrected chi connectivity index (χ3v) is 3.13. The lowest BCUT2D eigenvalue weighted by atomic mass is 9.80. The standard InChI is InChI=1S/C11H23NO2/c1-9(2)10(7-14-3)12-8-11(13)5-4-6-11/h9-10,12-13H,4-8H2,1-3H3.